The van der Waals surface area contributed by atoms with E-state index in [1.807, 2.05) is 0 Å². The molecule has 0 radical (unpaired) electrons. The van der Waals surface area contributed by atoms with Gasteiger partial charge in [0.15, 0.2) is 0 Å². The quantitative estimate of drug-likeness (QED) is 0.131. The van der Waals surface area contributed by atoms with Crippen LogP contribution in [0.4, 0.5) is 17.1 Å². The molecule has 0 atom stereocenters. The first-order valence-electron chi connectivity index (χ1n) is 21.7. The zero-order valence-electron chi connectivity index (χ0n) is 34.8. The average Bonchev–Trinajstić information content (AvgIpc) is 3.37. The van der Waals surface area contributed by atoms with Crippen LogP contribution < -0.4 is 4.90 Å². The van der Waals surface area contributed by atoms with E-state index in [2.05, 4.69) is 266 Å². The first kappa shape index (κ1) is 37.7. The number of rotatable bonds is 9. The predicted molar refractivity (Wildman–Crippen MR) is 269 cm³/mol. The summed E-state index contributed by atoms with van der Waals surface area (Å²) in [6, 6.07) is 94.7. The highest BCUT2D eigenvalue weighted by Gasteiger charge is 2.24. The number of nitrogens with zero attached hydrogens (tertiary/aromatic N) is 1. The van der Waals surface area contributed by atoms with E-state index in [-0.39, 0.29) is 0 Å². The van der Waals surface area contributed by atoms with Gasteiger partial charge in [-0.1, -0.05) is 237 Å². The number of hydrogen-bond acceptors (Lipinski definition) is 1. The van der Waals surface area contributed by atoms with E-state index in [9.17, 15) is 0 Å². The number of fused-ring (bicyclic) bond motifs is 3. The summed E-state index contributed by atoms with van der Waals surface area (Å²) in [6.45, 7) is 0. The molecule has 63 heavy (non-hydrogen) atoms. The van der Waals surface area contributed by atoms with Crippen LogP contribution in [0.5, 0.6) is 0 Å². The van der Waals surface area contributed by atoms with Crippen LogP contribution in [-0.4, -0.2) is 0 Å². The van der Waals surface area contributed by atoms with Gasteiger partial charge in [0.1, 0.15) is 0 Å². The lowest BCUT2D eigenvalue weighted by atomic mass is 9.84. The van der Waals surface area contributed by atoms with E-state index in [1.54, 1.807) is 0 Å². The van der Waals surface area contributed by atoms with Crippen LogP contribution >= 0.6 is 0 Å². The second kappa shape index (κ2) is 16.7. The Morgan fingerprint density at radius 2 is 0.556 bits per heavy atom. The Hall–Kier alpha value is -8.26. The van der Waals surface area contributed by atoms with Crippen LogP contribution in [0.1, 0.15) is 0 Å². The molecule has 11 aromatic carbocycles. The standard InChI is InChI=1S/C62H43N/c1-6-19-44(20-7-1)45-33-35-46(36-34-45)47-37-39-52(40-38-47)63(62-54(48-21-8-2-9-22-48)31-18-32-55(62)49-23-10-3-11-24-49)53-41-42-57-56-29-16-17-30-58(56)60(50-25-12-4-13-26-50)61(59(57)43-53)51-27-14-5-15-28-51/h1-43H. The topological polar surface area (TPSA) is 3.24 Å². The summed E-state index contributed by atoms with van der Waals surface area (Å²) >= 11 is 0. The third-order valence-electron chi connectivity index (χ3n) is 12.3. The molecule has 11 aromatic rings. The van der Waals surface area contributed by atoms with Crippen molar-refractivity contribution < 1.29 is 0 Å². The van der Waals surface area contributed by atoms with Gasteiger partial charge in [0, 0.05) is 22.5 Å². The Bertz CT molecular complexity index is 3270. The van der Waals surface area contributed by atoms with Crippen molar-refractivity contribution in [2.45, 2.75) is 0 Å². The molecule has 296 valence electrons. The van der Waals surface area contributed by atoms with Crippen molar-refractivity contribution in [2.75, 3.05) is 4.90 Å². The van der Waals surface area contributed by atoms with Gasteiger partial charge in [0.2, 0.25) is 0 Å². The zero-order chi connectivity index (χ0) is 42.0. The molecule has 0 spiro atoms. The fourth-order valence-corrected chi connectivity index (χ4v) is 9.31. The molecule has 0 heterocycles. The van der Waals surface area contributed by atoms with Crippen LogP contribution in [0.25, 0.3) is 88.3 Å². The molecular formula is C62H43N. The lowest BCUT2D eigenvalue weighted by molar-refractivity contribution is 1.29. The highest BCUT2D eigenvalue weighted by molar-refractivity contribution is 6.22. The monoisotopic (exact) mass is 801 g/mol. The van der Waals surface area contributed by atoms with Crippen LogP contribution in [0.2, 0.25) is 0 Å². The first-order valence-corrected chi connectivity index (χ1v) is 21.7. The Morgan fingerprint density at radius 3 is 1.05 bits per heavy atom. The molecule has 0 saturated heterocycles. The molecule has 0 bridgehead atoms. The molecule has 1 heteroatoms. The van der Waals surface area contributed by atoms with Gasteiger partial charge < -0.3 is 4.90 Å². The van der Waals surface area contributed by atoms with Crippen molar-refractivity contribution in [3.63, 3.8) is 0 Å². The van der Waals surface area contributed by atoms with Gasteiger partial charge in [0.05, 0.1) is 5.69 Å². The van der Waals surface area contributed by atoms with Gasteiger partial charge in [-0.15, -0.1) is 0 Å². The van der Waals surface area contributed by atoms with Crippen LogP contribution in [0.15, 0.2) is 261 Å². The molecule has 0 unspecified atom stereocenters. The van der Waals surface area contributed by atoms with Crippen molar-refractivity contribution in [1.29, 1.82) is 0 Å². The van der Waals surface area contributed by atoms with Gasteiger partial charge in [-0.2, -0.15) is 0 Å². The Kier molecular flexibility index (Phi) is 9.97. The molecule has 0 N–H and O–H groups in total. The highest BCUT2D eigenvalue weighted by Crippen LogP contribution is 2.50. The van der Waals surface area contributed by atoms with Crippen molar-refractivity contribution >= 4 is 38.6 Å². The smallest absolute Gasteiger partial charge is 0.0618 e. The lowest BCUT2D eigenvalue weighted by Crippen LogP contribution is -2.13. The maximum atomic E-state index is 2.48. The summed E-state index contributed by atoms with van der Waals surface area (Å²) in [5.74, 6) is 0. The average molecular weight is 802 g/mol. The first-order chi connectivity index (χ1) is 31.3. The third kappa shape index (κ3) is 7.16. The minimum Gasteiger partial charge on any atom is -0.309 e. The fourth-order valence-electron chi connectivity index (χ4n) is 9.31. The van der Waals surface area contributed by atoms with Gasteiger partial charge in [-0.05, 0) is 101 Å². The van der Waals surface area contributed by atoms with Gasteiger partial charge in [-0.3, -0.25) is 0 Å². The van der Waals surface area contributed by atoms with Crippen molar-refractivity contribution in [1.82, 2.24) is 0 Å². The molecule has 11 rings (SSSR count). The molecule has 0 fully saturated rings. The Morgan fingerprint density at radius 1 is 0.206 bits per heavy atom. The molecule has 0 aromatic heterocycles. The van der Waals surface area contributed by atoms with Crippen LogP contribution in [0, 0.1) is 0 Å². The van der Waals surface area contributed by atoms with Crippen LogP contribution in [-0.2, 0) is 0 Å². The third-order valence-corrected chi connectivity index (χ3v) is 12.3. The Balaban J connectivity index is 1.18. The maximum Gasteiger partial charge on any atom is 0.0618 e. The molecule has 0 aliphatic rings. The second-order valence-corrected chi connectivity index (χ2v) is 16.0. The molecule has 0 aliphatic heterocycles. The number of hydrogen-bond donors (Lipinski definition) is 0. The van der Waals surface area contributed by atoms with E-state index in [0.29, 0.717) is 0 Å². The van der Waals surface area contributed by atoms with Crippen molar-refractivity contribution in [3.05, 3.63) is 261 Å². The van der Waals surface area contributed by atoms with E-state index in [0.717, 1.165) is 39.3 Å². The minimum atomic E-state index is 1.07. The molecule has 1 nitrogen and oxygen atoms in total. The highest BCUT2D eigenvalue weighted by atomic mass is 15.1. The largest absolute Gasteiger partial charge is 0.309 e. The number of benzene rings is 11. The van der Waals surface area contributed by atoms with Gasteiger partial charge >= 0.3 is 0 Å². The number of anilines is 3. The molecular weight excluding hydrogens is 759 g/mol. The normalized spacial score (nSPS) is 11.2. The summed E-state index contributed by atoms with van der Waals surface area (Å²) < 4.78 is 0. The van der Waals surface area contributed by atoms with E-state index >= 15 is 0 Å². The Labute approximate surface area is 369 Å². The molecule has 0 aliphatic carbocycles. The SMILES string of the molecule is c1ccc(-c2ccc(-c3ccc(N(c4ccc5c(c4)c(-c4ccccc4)c(-c4ccccc4)c4ccccc45)c4c(-c5ccccc5)cccc4-c4ccccc4)cc3)cc2)cc1. The molecule has 0 amide bonds. The second-order valence-electron chi connectivity index (χ2n) is 16.0. The molecule has 0 saturated carbocycles. The van der Waals surface area contributed by atoms with Crippen LogP contribution in [0.3, 0.4) is 0 Å². The zero-order valence-corrected chi connectivity index (χ0v) is 34.8. The summed E-state index contributed by atoms with van der Waals surface area (Å²) in [5.41, 5.74) is 17.5. The van der Waals surface area contributed by atoms with Crippen molar-refractivity contribution in [2.24, 2.45) is 0 Å². The summed E-state index contributed by atoms with van der Waals surface area (Å²) in [5, 5.41) is 4.91. The fraction of sp³-hybridized carbons (Fsp3) is 0. The van der Waals surface area contributed by atoms with Gasteiger partial charge in [-0.25, -0.2) is 0 Å². The van der Waals surface area contributed by atoms with E-state index < -0.39 is 0 Å². The number of para-hydroxylation sites is 1. The lowest BCUT2D eigenvalue weighted by Gasteiger charge is -2.31. The minimum absolute atomic E-state index is 1.07. The summed E-state index contributed by atoms with van der Waals surface area (Å²) in [6.07, 6.45) is 0. The van der Waals surface area contributed by atoms with Gasteiger partial charge in [0.25, 0.3) is 0 Å². The maximum absolute atomic E-state index is 2.48. The predicted octanol–water partition coefficient (Wildman–Crippen LogP) is 17.5. The summed E-state index contributed by atoms with van der Waals surface area (Å²) in [4.78, 5) is 2.48. The summed E-state index contributed by atoms with van der Waals surface area (Å²) in [7, 11) is 0. The van der Waals surface area contributed by atoms with E-state index in [4.69, 9.17) is 0 Å². The van der Waals surface area contributed by atoms with E-state index in [1.165, 1.54) is 66.1 Å². The van der Waals surface area contributed by atoms with Crippen molar-refractivity contribution in [3.8, 4) is 66.8 Å².